The lowest BCUT2D eigenvalue weighted by Gasteiger charge is -2.59. The van der Waals surface area contributed by atoms with E-state index >= 15 is 0 Å². The number of carbonyl (C=O) groups excluding carboxylic acids is 1. The van der Waals surface area contributed by atoms with E-state index in [2.05, 4.69) is 12.2 Å². The molecule has 1 atom stereocenters. The summed E-state index contributed by atoms with van der Waals surface area (Å²) in [7, 11) is 0. The first-order valence-corrected chi connectivity index (χ1v) is 13.1. The summed E-state index contributed by atoms with van der Waals surface area (Å²) < 4.78 is 1.83. The zero-order valence-corrected chi connectivity index (χ0v) is 21.2. The van der Waals surface area contributed by atoms with Gasteiger partial charge in [-0.05, 0) is 113 Å². The van der Waals surface area contributed by atoms with E-state index in [1.807, 2.05) is 49.7 Å². The molecule has 4 fully saturated rings. The third-order valence-corrected chi connectivity index (χ3v) is 9.41. The van der Waals surface area contributed by atoms with Crippen LogP contribution in [0.5, 0.6) is 0 Å². The molecule has 4 bridgehead atoms. The monoisotopic (exact) mass is 476 g/mol. The first-order valence-electron chi connectivity index (χ1n) is 12.7. The standard InChI is InChI=1S/C28H33ClN4O/c1-15-8-22(25-17(3)32-33(26(25)30-15)24-7-5-6-23(29)16(24)2)27(34)31-18(4)28-12-19-9-20(13-28)11-21(10-19)14-28/h5-8,18-21H,9-14H2,1-4H3,(H,31,34). The Morgan fingerprint density at radius 3 is 2.41 bits per heavy atom. The molecule has 0 spiro atoms. The number of pyridine rings is 1. The van der Waals surface area contributed by atoms with Gasteiger partial charge in [0.15, 0.2) is 5.65 Å². The van der Waals surface area contributed by atoms with Crippen LogP contribution >= 0.6 is 11.6 Å². The van der Waals surface area contributed by atoms with Crippen molar-refractivity contribution in [1.29, 1.82) is 0 Å². The molecule has 4 aliphatic carbocycles. The smallest absolute Gasteiger partial charge is 0.252 e. The third-order valence-electron chi connectivity index (χ3n) is 9.00. The Morgan fingerprint density at radius 2 is 1.76 bits per heavy atom. The number of amides is 1. The number of hydrogen-bond donors (Lipinski definition) is 1. The van der Waals surface area contributed by atoms with Gasteiger partial charge in [0.05, 0.1) is 22.3 Å². The first kappa shape index (κ1) is 22.1. The van der Waals surface area contributed by atoms with Gasteiger partial charge in [-0.2, -0.15) is 5.10 Å². The van der Waals surface area contributed by atoms with Gasteiger partial charge < -0.3 is 5.32 Å². The van der Waals surface area contributed by atoms with Gasteiger partial charge in [-0.15, -0.1) is 0 Å². The van der Waals surface area contributed by atoms with Gasteiger partial charge in [0.25, 0.3) is 5.91 Å². The zero-order chi connectivity index (χ0) is 23.8. The summed E-state index contributed by atoms with van der Waals surface area (Å²) in [4.78, 5) is 18.5. The highest BCUT2D eigenvalue weighted by atomic mass is 35.5. The largest absolute Gasteiger partial charge is 0.349 e. The van der Waals surface area contributed by atoms with Crippen LogP contribution in [0.3, 0.4) is 0 Å². The van der Waals surface area contributed by atoms with Crippen molar-refractivity contribution in [2.24, 2.45) is 23.2 Å². The molecule has 5 nitrogen and oxygen atoms in total. The molecule has 1 N–H and O–H groups in total. The SMILES string of the molecule is Cc1cc(C(=O)NC(C)C23CC4CC(CC(C4)C2)C3)c2c(C)nn(-c3cccc(Cl)c3C)c2n1. The van der Waals surface area contributed by atoms with Crippen molar-refractivity contribution in [2.75, 3.05) is 0 Å². The fraction of sp³-hybridized carbons (Fsp3) is 0.536. The zero-order valence-electron chi connectivity index (χ0n) is 20.5. The number of hydrogen-bond acceptors (Lipinski definition) is 3. The van der Waals surface area contributed by atoms with Crippen molar-refractivity contribution in [3.8, 4) is 5.69 Å². The van der Waals surface area contributed by atoms with Crippen LogP contribution in [0.2, 0.25) is 5.02 Å². The molecule has 0 aliphatic heterocycles. The van der Waals surface area contributed by atoms with E-state index in [9.17, 15) is 4.79 Å². The van der Waals surface area contributed by atoms with Crippen LogP contribution in [0.15, 0.2) is 24.3 Å². The molecule has 7 rings (SSSR count). The Balaban J connectivity index is 1.37. The van der Waals surface area contributed by atoms with Crippen LogP contribution in [0.4, 0.5) is 0 Å². The van der Waals surface area contributed by atoms with Gasteiger partial charge in [0.1, 0.15) is 0 Å². The summed E-state index contributed by atoms with van der Waals surface area (Å²) in [6.07, 6.45) is 8.05. The third kappa shape index (κ3) is 3.38. The van der Waals surface area contributed by atoms with Crippen LogP contribution in [0, 0.1) is 43.9 Å². The van der Waals surface area contributed by atoms with Crippen molar-refractivity contribution >= 4 is 28.5 Å². The highest BCUT2D eigenvalue weighted by molar-refractivity contribution is 6.31. The lowest BCUT2D eigenvalue weighted by atomic mass is 9.48. The van der Waals surface area contributed by atoms with E-state index < -0.39 is 0 Å². The Morgan fingerprint density at radius 1 is 1.12 bits per heavy atom. The Kier molecular flexibility index (Phi) is 5.07. The minimum absolute atomic E-state index is 0.00999. The predicted octanol–water partition coefficient (Wildman–Crippen LogP) is 6.33. The van der Waals surface area contributed by atoms with E-state index in [0.29, 0.717) is 16.2 Å². The Bertz CT molecular complexity index is 1270. The highest BCUT2D eigenvalue weighted by Gasteiger charge is 2.53. The molecule has 2 aromatic heterocycles. The van der Waals surface area contributed by atoms with E-state index in [1.165, 1.54) is 38.5 Å². The maximum atomic E-state index is 13.7. The molecule has 178 valence electrons. The second-order valence-electron chi connectivity index (χ2n) is 11.4. The van der Waals surface area contributed by atoms with Crippen LogP contribution in [0.25, 0.3) is 16.7 Å². The van der Waals surface area contributed by atoms with Gasteiger partial charge in [-0.25, -0.2) is 9.67 Å². The molecule has 4 saturated carbocycles. The molecule has 1 amide bonds. The first-order chi connectivity index (χ1) is 16.2. The van der Waals surface area contributed by atoms with Crippen LogP contribution in [0.1, 0.15) is 72.8 Å². The number of fused-ring (bicyclic) bond motifs is 1. The number of nitrogens with zero attached hydrogens (tertiary/aromatic N) is 3. The van der Waals surface area contributed by atoms with Crippen LogP contribution < -0.4 is 5.32 Å². The fourth-order valence-corrected chi connectivity index (χ4v) is 7.89. The quantitative estimate of drug-likeness (QED) is 0.478. The lowest BCUT2D eigenvalue weighted by molar-refractivity contribution is -0.0687. The summed E-state index contributed by atoms with van der Waals surface area (Å²) >= 11 is 6.40. The van der Waals surface area contributed by atoms with Crippen molar-refractivity contribution < 1.29 is 4.79 Å². The average molecular weight is 477 g/mol. The summed E-state index contributed by atoms with van der Waals surface area (Å²) in [6.45, 7) is 8.12. The van der Waals surface area contributed by atoms with E-state index in [1.54, 1.807) is 0 Å². The normalized spacial score (nSPS) is 28.4. The minimum atomic E-state index is -0.00999. The lowest BCUT2D eigenvalue weighted by Crippen LogP contribution is -2.55. The molecule has 34 heavy (non-hydrogen) atoms. The number of halogens is 1. The summed E-state index contributed by atoms with van der Waals surface area (Å²) in [6, 6.07) is 7.87. The van der Waals surface area contributed by atoms with Crippen molar-refractivity contribution in [2.45, 2.75) is 72.3 Å². The van der Waals surface area contributed by atoms with E-state index in [4.69, 9.17) is 21.7 Å². The second kappa shape index (κ2) is 7.81. The Hall–Kier alpha value is -2.40. The fourth-order valence-electron chi connectivity index (χ4n) is 7.72. The molecular formula is C28H33ClN4O. The highest BCUT2D eigenvalue weighted by Crippen LogP contribution is 2.61. The number of benzene rings is 1. The molecular weight excluding hydrogens is 444 g/mol. The van der Waals surface area contributed by atoms with Gasteiger partial charge >= 0.3 is 0 Å². The summed E-state index contributed by atoms with van der Waals surface area (Å²) in [5, 5.41) is 9.75. The van der Waals surface area contributed by atoms with E-state index in [-0.39, 0.29) is 17.4 Å². The van der Waals surface area contributed by atoms with Gasteiger partial charge in [0, 0.05) is 16.8 Å². The molecule has 1 aromatic carbocycles. The van der Waals surface area contributed by atoms with Crippen LogP contribution in [-0.4, -0.2) is 26.7 Å². The molecule has 1 unspecified atom stereocenters. The molecule has 3 aromatic rings. The number of aryl methyl sites for hydroxylation is 2. The van der Waals surface area contributed by atoms with E-state index in [0.717, 1.165) is 45.8 Å². The number of carbonyl (C=O) groups is 1. The number of nitrogens with one attached hydrogen (secondary N) is 1. The molecule has 4 aliphatic rings. The predicted molar refractivity (Wildman–Crippen MR) is 136 cm³/mol. The number of aromatic nitrogens is 3. The van der Waals surface area contributed by atoms with Crippen molar-refractivity contribution in [3.05, 3.63) is 51.8 Å². The van der Waals surface area contributed by atoms with Gasteiger partial charge in [-0.1, -0.05) is 17.7 Å². The molecule has 2 heterocycles. The molecule has 0 radical (unpaired) electrons. The molecule has 6 heteroatoms. The average Bonchev–Trinajstić information content (AvgIpc) is 3.10. The van der Waals surface area contributed by atoms with Crippen molar-refractivity contribution in [3.63, 3.8) is 0 Å². The Labute approximate surface area is 206 Å². The maximum absolute atomic E-state index is 13.7. The topological polar surface area (TPSA) is 59.8 Å². The minimum Gasteiger partial charge on any atom is -0.349 e. The summed E-state index contributed by atoms with van der Waals surface area (Å²) in [5.74, 6) is 2.58. The summed E-state index contributed by atoms with van der Waals surface area (Å²) in [5.41, 5.74) is 5.08. The number of rotatable bonds is 4. The van der Waals surface area contributed by atoms with Gasteiger partial charge in [-0.3, -0.25) is 4.79 Å². The van der Waals surface area contributed by atoms with Gasteiger partial charge in [0.2, 0.25) is 0 Å². The second-order valence-corrected chi connectivity index (χ2v) is 11.8. The molecule has 0 saturated heterocycles. The van der Waals surface area contributed by atoms with Crippen LogP contribution in [-0.2, 0) is 0 Å². The maximum Gasteiger partial charge on any atom is 0.252 e. The van der Waals surface area contributed by atoms with Crippen molar-refractivity contribution in [1.82, 2.24) is 20.1 Å².